The second-order valence-electron chi connectivity index (χ2n) is 4.41. The molecule has 0 radical (unpaired) electrons. The van der Waals surface area contributed by atoms with E-state index in [1.807, 2.05) is 12.1 Å². The van der Waals surface area contributed by atoms with E-state index in [9.17, 15) is 4.79 Å². The topological polar surface area (TPSA) is 84.6 Å². The van der Waals surface area contributed by atoms with Crippen molar-refractivity contribution in [1.29, 1.82) is 0 Å². The van der Waals surface area contributed by atoms with Gasteiger partial charge in [0.05, 0.1) is 12.0 Å². The molecule has 5 heteroatoms. The number of benzene rings is 1. The smallest absolute Gasteiger partial charge is 0.242 e. The zero-order chi connectivity index (χ0) is 12.9. The third-order valence-corrected chi connectivity index (χ3v) is 2.48. The van der Waals surface area contributed by atoms with Gasteiger partial charge in [0.1, 0.15) is 12.4 Å². The normalized spacial score (nSPS) is 11.1. The highest BCUT2D eigenvalue weighted by Gasteiger charge is 2.28. The number of amides is 1. The van der Waals surface area contributed by atoms with Gasteiger partial charge in [-0.15, -0.1) is 0 Å². The largest absolute Gasteiger partial charge is 0.492 e. The molecule has 0 spiro atoms. The summed E-state index contributed by atoms with van der Waals surface area (Å²) in [6.45, 7) is 3.56. The molecule has 1 amide bonds. The monoisotopic (exact) mass is 238 g/mol. The minimum Gasteiger partial charge on any atom is -0.492 e. The molecule has 1 aromatic rings. The molecule has 0 saturated heterocycles. The van der Waals surface area contributed by atoms with E-state index in [0.29, 0.717) is 11.3 Å². The van der Waals surface area contributed by atoms with Crippen LogP contribution in [0.25, 0.3) is 0 Å². The quantitative estimate of drug-likeness (QED) is 0.398. The molecule has 0 bridgehead atoms. The van der Waals surface area contributed by atoms with E-state index in [1.165, 1.54) is 0 Å². The summed E-state index contributed by atoms with van der Waals surface area (Å²) in [7, 11) is 0. The Balaban J connectivity index is 2.70. The highest BCUT2D eigenvalue weighted by Crippen LogP contribution is 2.22. The van der Waals surface area contributed by atoms with Crippen LogP contribution >= 0.6 is 0 Å². The van der Waals surface area contributed by atoms with Gasteiger partial charge in [-0.2, -0.15) is 0 Å². The van der Waals surface area contributed by atoms with E-state index in [-0.39, 0.29) is 19.1 Å². The minimum atomic E-state index is -0.725. The molecule has 1 rings (SSSR count). The fourth-order valence-electron chi connectivity index (χ4n) is 1.29. The number of hydrogen-bond acceptors (Lipinski definition) is 4. The third-order valence-electron chi connectivity index (χ3n) is 2.48. The predicted octanol–water partition coefficient (Wildman–Crippen LogP) is 0.574. The first kappa shape index (κ1) is 13.5. The van der Waals surface area contributed by atoms with Crippen LogP contribution in [-0.4, -0.2) is 17.6 Å². The average molecular weight is 238 g/mol. The van der Waals surface area contributed by atoms with Crippen LogP contribution in [0.4, 0.5) is 0 Å². The fraction of sp³-hybridized carbons (Fsp3) is 0.417. The lowest BCUT2D eigenvalue weighted by atomic mass is 9.94. The Hall–Kier alpha value is -1.59. The van der Waals surface area contributed by atoms with E-state index in [4.69, 9.17) is 15.7 Å². The molecule has 94 valence electrons. The van der Waals surface area contributed by atoms with Crippen molar-refractivity contribution in [3.63, 3.8) is 0 Å². The standard InChI is InChI=1S/C12H18N2O3/c1-12(2,11(16)14-13)8-17-10-6-4-3-5-9(10)7-15/h3-6,15H,7-8,13H2,1-2H3,(H,14,16). The van der Waals surface area contributed by atoms with E-state index in [1.54, 1.807) is 26.0 Å². The second-order valence-corrected chi connectivity index (χ2v) is 4.41. The average Bonchev–Trinajstić information content (AvgIpc) is 2.35. The minimum absolute atomic E-state index is 0.0975. The molecular formula is C12H18N2O3. The van der Waals surface area contributed by atoms with Crippen LogP contribution in [-0.2, 0) is 11.4 Å². The lowest BCUT2D eigenvalue weighted by molar-refractivity contribution is -0.130. The van der Waals surface area contributed by atoms with Crippen LogP contribution in [0.5, 0.6) is 5.75 Å². The van der Waals surface area contributed by atoms with Crippen molar-refractivity contribution >= 4 is 5.91 Å². The molecule has 0 saturated carbocycles. The van der Waals surface area contributed by atoms with Crippen molar-refractivity contribution in [2.75, 3.05) is 6.61 Å². The Morgan fingerprint density at radius 1 is 1.47 bits per heavy atom. The molecule has 1 aromatic carbocycles. The van der Waals surface area contributed by atoms with Crippen molar-refractivity contribution in [3.8, 4) is 5.75 Å². The number of aliphatic hydroxyl groups is 1. The van der Waals surface area contributed by atoms with Gasteiger partial charge in [0.25, 0.3) is 0 Å². The van der Waals surface area contributed by atoms with Crippen molar-refractivity contribution in [1.82, 2.24) is 5.43 Å². The Morgan fingerprint density at radius 2 is 2.12 bits per heavy atom. The van der Waals surface area contributed by atoms with Crippen LogP contribution < -0.4 is 16.0 Å². The first-order valence-electron chi connectivity index (χ1n) is 5.34. The van der Waals surface area contributed by atoms with Gasteiger partial charge < -0.3 is 9.84 Å². The Kier molecular flexibility index (Phi) is 4.48. The number of hydrogen-bond donors (Lipinski definition) is 3. The van der Waals surface area contributed by atoms with Crippen LogP contribution in [0, 0.1) is 5.41 Å². The lowest BCUT2D eigenvalue weighted by Gasteiger charge is -2.23. The molecule has 0 aromatic heterocycles. The summed E-state index contributed by atoms with van der Waals surface area (Å²) in [6.07, 6.45) is 0. The predicted molar refractivity (Wildman–Crippen MR) is 64.0 cm³/mol. The fourth-order valence-corrected chi connectivity index (χ4v) is 1.29. The molecule has 0 aliphatic carbocycles. The highest BCUT2D eigenvalue weighted by atomic mass is 16.5. The maximum Gasteiger partial charge on any atom is 0.242 e. The Labute approximate surface area is 101 Å². The Morgan fingerprint density at radius 3 is 2.71 bits per heavy atom. The molecule has 0 atom stereocenters. The summed E-state index contributed by atoms with van der Waals surface area (Å²) < 4.78 is 5.54. The second kappa shape index (κ2) is 5.65. The summed E-state index contributed by atoms with van der Waals surface area (Å²) in [5, 5.41) is 9.12. The van der Waals surface area contributed by atoms with Crippen LogP contribution in [0.1, 0.15) is 19.4 Å². The van der Waals surface area contributed by atoms with E-state index in [0.717, 1.165) is 0 Å². The molecule has 0 fully saturated rings. The van der Waals surface area contributed by atoms with Gasteiger partial charge in [0.2, 0.25) is 5.91 Å². The maximum absolute atomic E-state index is 11.4. The maximum atomic E-state index is 11.4. The van der Waals surface area contributed by atoms with Crippen molar-refractivity contribution in [3.05, 3.63) is 29.8 Å². The summed E-state index contributed by atoms with van der Waals surface area (Å²) >= 11 is 0. The molecule has 0 unspecified atom stereocenters. The molecular weight excluding hydrogens is 220 g/mol. The van der Waals surface area contributed by atoms with E-state index >= 15 is 0 Å². The molecule has 4 N–H and O–H groups in total. The summed E-state index contributed by atoms with van der Waals surface area (Å²) in [5.74, 6) is 5.37. The first-order chi connectivity index (χ1) is 8.01. The van der Waals surface area contributed by atoms with Crippen molar-refractivity contribution in [2.45, 2.75) is 20.5 Å². The summed E-state index contributed by atoms with van der Waals surface area (Å²) in [6, 6.07) is 7.15. The number of rotatable bonds is 5. The van der Waals surface area contributed by atoms with Gasteiger partial charge in [0, 0.05) is 5.56 Å². The summed E-state index contributed by atoms with van der Waals surface area (Å²) in [4.78, 5) is 11.4. The molecule has 5 nitrogen and oxygen atoms in total. The molecule has 0 heterocycles. The van der Waals surface area contributed by atoms with Gasteiger partial charge in [-0.1, -0.05) is 18.2 Å². The number of ether oxygens (including phenoxy) is 1. The first-order valence-corrected chi connectivity index (χ1v) is 5.34. The van der Waals surface area contributed by atoms with E-state index < -0.39 is 5.41 Å². The number of aliphatic hydroxyl groups excluding tert-OH is 1. The van der Waals surface area contributed by atoms with Crippen LogP contribution in [0.15, 0.2) is 24.3 Å². The number of carbonyl (C=O) groups excluding carboxylic acids is 1. The number of nitrogens with two attached hydrogens (primary N) is 1. The SMILES string of the molecule is CC(C)(COc1ccccc1CO)C(=O)NN. The van der Waals surface area contributed by atoms with Crippen LogP contribution in [0.2, 0.25) is 0 Å². The number of hydrazine groups is 1. The van der Waals surface area contributed by atoms with Gasteiger partial charge in [0.15, 0.2) is 0 Å². The molecule has 17 heavy (non-hydrogen) atoms. The lowest BCUT2D eigenvalue weighted by Crippen LogP contribution is -2.44. The van der Waals surface area contributed by atoms with Gasteiger partial charge in [-0.25, -0.2) is 5.84 Å². The summed E-state index contributed by atoms with van der Waals surface area (Å²) in [5.41, 5.74) is 2.07. The molecule has 0 aliphatic rings. The van der Waals surface area contributed by atoms with Crippen molar-refractivity contribution in [2.24, 2.45) is 11.3 Å². The Bertz CT molecular complexity index is 391. The highest BCUT2D eigenvalue weighted by molar-refractivity contribution is 5.81. The van der Waals surface area contributed by atoms with Gasteiger partial charge in [-0.3, -0.25) is 10.2 Å². The number of carbonyl (C=O) groups is 1. The van der Waals surface area contributed by atoms with Crippen LogP contribution in [0.3, 0.4) is 0 Å². The number of nitrogens with one attached hydrogen (secondary N) is 1. The zero-order valence-electron chi connectivity index (χ0n) is 10.1. The van der Waals surface area contributed by atoms with Gasteiger partial charge in [-0.05, 0) is 19.9 Å². The van der Waals surface area contributed by atoms with Gasteiger partial charge >= 0.3 is 0 Å². The zero-order valence-corrected chi connectivity index (χ0v) is 10.1. The third kappa shape index (κ3) is 3.44. The van der Waals surface area contributed by atoms with Crippen molar-refractivity contribution < 1.29 is 14.6 Å². The molecule has 0 aliphatic heterocycles. The van der Waals surface area contributed by atoms with E-state index in [2.05, 4.69) is 5.43 Å². The number of para-hydroxylation sites is 1.